The van der Waals surface area contributed by atoms with Gasteiger partial charge in [-0.2, -0.15) is 0 Å². The smallest absolute Gasteiger partial charge is 0.223 e. The molecule has 0 aliphatic carbocycles. The maximum atomic E-state index is 12.9. The Labute approximate surface area is 178 Å². The summed E-state index contributed by atoms with van der Waals surface area (Å²) in [5.41, 5.74) is 1.09. The molecule has 1 atom stereocenters. The molecular formula is C21H30ClN5O2. The number of fused-ring (bicyclic) bond motifs is 1. The number of carbonyl (C=O) groups excluding carboxylic acids is 1. The van der Waals surface area contributed by atoms with Crippen molar-refractivity contribution in [3.63, 3.8) is 0 Å². The van der Waals surface area contributed by atoms with Gasteiger partial charge >= 0.3 is 0 Å². The van der Waals surface area contributed by atoms with Crippen molar-refractivity contribution >= 4 is 18.3 Å². The van der Waals surface area contributed by atoms with E-state index in [1.54, 1.807) is 7.11 Å². The molecule has 4 rings (SSSR count). The van der Waals surface area contributed by atoms with Gasteiger partial charge in [0, 0.05) is 38.5 Å². The highest BCUT2D eigenvalue weighted by Gasteiger charge is 2.29. The van der Waals surface area contributed by atoms with Crippen LogP contribution in [0.15, 0.2) is 24.3 Å². The zero-order chi connectivity index (χ0) is 19.5. The molecule has 1 aromatic carbocycles. The van der Waals surface area contributed by atoms with Crippen molar-refractivity contribution in [1.82, 2.24) is 25.0 Å². The SMILES string of the molecule is COc1ccccc1C(C)CC(=O)N1CCC(c2nnc3n2CCNC3)CC1.Cl. The molecule has 8 heteroatoms. The summed E-state index contributed by atoms with van der Waals surface area (Å²) in [6, 6.07) is 7.96. The van der Waals surface area contributed by atoms with Gasteiger partial charge in [-0.05, 0) is 30.4 Å². The summed E-state index contributed by atoms with van der Waals surface area (Å²) in [5.74, 6) is 3.75. The Kier molecular flexibility index (Phi) is 7.14. The molecular weight excluding hydrogens is 390 g/mol. The second-order valence-electron chi connectivity index (χ2n) is 7.81. The van der Waals surface area contributed by atoms with Crippen molar-refractivity contribution in [2.45, 2.75) is 51.1 Å². The van der Waals surface area contributed by atoms with Crippen LogP contribution in [0.4, 0.5) is 0 Å². The molecule has 1 N–H and O–H groups in total. The standard InChI is InChI=1S/C21H29N5O2.ClH/c1-15(17-5-3-4-6-18(17)28-2)13-20(27)25-10-7-16(8-11-25)21-24-23-19-14-22-9-12-26(19)21;/h3-6,15-16,22H,7-14H2,1-2H3;1H. The quantitative estimate of drug-likeness (QED) is 0.806. The third-order valence-electron chi connectivity index (χ3n) is 6.01. The van der Waals surface area contributed by atoms with Gasteiger partial charge in [-0.1, -0.05) is 25.1 Å². The van der Waals surface area contributed by atoms with Crippen LogP contribution in [0.25, 0.3) is 0 Å². The lowest BCUT2D eigenvalue weighted by molar-refractivity contribution is -0.132. The molecule has 1 fully saturated rings. The van der Waals surface area contributed by atoms with E-state index in [9.17, 15) is 4.79 Å². The lowest BCUT2D eigenvalue weighted by Gasteiger charge is -2.33. The normalized spacial score (nSPS) is 17.9. The first kappa shape index (κ1) is 21.6. The van der Waals surface area contributed by atoms with Gasteiger partial charge in [0.15, 0.2) is 0 Å². The molecule has 0 saturated carbocycles. The summed E-state index contributed by atoms with van der Waals surface area (Å²) in [4.78, 5) is 14.9. The number of benzene rings is 1. The van der Waals surface area contributed by atoms with Crippen LogP contribution in [0, 0.1) is 0 Å². The van der Waals surface area contributed by atoms with E-state index in [0.29, 0.717) is 12.3 Å². The number of methoxy groups -OCH3 is 1. The summed E-state index contributed by atoms with van der Waals surface area (Å²) >= 11 is 0. The first-order valence-corrected chi connectivity index (χ1v) is 10.2. The van der Waals surface area contributed by atoms with Crippen LogP contribution in [0.5, 0.6) is 5.75 Å². The van der Waals surface area contributed by atoms with Crippen LogP contribution in [0.2, 0.25) is 0 Å². The topological polar surface area (TPSA) is 72.3 Å². The number of hydrogen-bond acceptors (Lipinski definition) is 5. The number of ether oxygens (including phenoxy) is 1. The molecule has 1 amide bonds. The second-order valence-corrected chi connectivity index (χ2v) is 7.81. The predicted molar refractivity (Wildman–Crippen MR) is 114 cm³/mol. The largest absolute Gasteiger partial charge is 0.496 e. The van der Waals surface area contributed by atoms with Gasteiger partial charge in [-0.15, -0.1) is 22.6 Å². The Morgan fingerprint density at radius 2 is 2.00 bits per heavy atom. The Balaban J connectivity index is 0.00000240. The molecule has 7 nitrogen and oxygen atoms in total. The van der Waals surface area contributed by atoms with E-state index in [0.717, 1.165) is 68.5 Å². The number of amides is 1. The third-order valence-corrected chi connectivity index (χ3v) is 6.01. The van der Waals surface area contributed by atoms with Crippen molar-refractivity contribution in [2.75, 3.05) is 26.7 Å². The van der Waals surface area contributed by atoms with Crippen LogP contribution in [-0.2, 0) is 17.9 Å². The molecule has 2 aliphatic rings. The highest BCUT2D eigenvalue weighted by atomic mass is 35.5. The minimum absolute atomic E-state index is 0. The van der Waals surface area contributed by atoms with Crippen molar-refractivity contribution in [2.24, 2.45) is 0 Å². The molecule has 2 aromatic rings. The fourth-order valence-electron chi connectivity index (χ4n) is 4.38. The first-order valence-electron chi connectivity index (χ1n) is 10.2. The van der Waals surface area contributed by atoms with Crippen LogP contribution in [-0.4, -0.2) is 52.3 Å². The minimum atomic E-state index is 0. The molecule has 0 bridgehead atoms. The van der Waals surface area contributed by atoms with E-state index in [1.807, 2.05) is 29.2 Å². The summed E-state index contributed by atoms with van der Waals surface area (Å²) in [5, 5.41) is 12.1. The molecule has 2 aliphatic heterocycles. The second kappa shape index (κ2) is 9.59. The minimum Gasteiger partial charge on any atom is -0.496 e. The number of halogens is 1. The third kappa shape index (κ3) is 4.56. The Bertz CT molecular complexity index is 832. The number of piperidine rings is 1. The first-order chi connectivity index (χ1) is 13.7. The monoisotopic (exact) mass is 419 g/mol. The van der Waals surface area contributed by atoms with Gasteiger partial charge in [0.1, 0.15) is 17.4 Å². The van der Waals surface area contributed by atoms with Crippen LogP contribution < -0.4 is 10.1 Å². The number of para-hydroxylation sites is 1. The average molecular weight is 420 g/mol. The lowest BCUT2D eigenvalue weighted by Crippen LogP contribution is -2.39. The molecule has 3 heterocycles. The average Bonchev–Trinajstić information content (AvgIpc) is 3.18. The summed E-state index contributed by atoms with van der Waals surface area (Å²) in [6.07, 6.45) is 2.43. The molecule has 1 unspecified atom stereocenters. The highest BCUT2D eigenvalue weighted by molar-refractivity contribution is 5.85. The zero-order valence-corrected chi connectivity index (χ0v) is 18.0. The van der Waals surface area contributed by atoms with E-state index < -0.39 is 0 Å². The highest BCUT2D eigenvalue weighted by Crippen LogP contribution is 2.31. The molecule has 0 spiro atoms. The van der Waals surface area contributed by atoms with Crippen LogP contribution >= 0.6 is 12.4 Å². The van der Waals surface area contributed by atoms with E-state index in [-0.39, 0.29) is 24.2 Å². The van der Waals surface area contributed by atoms with Gasteiger partial charge in [-0.25, -0.2) is 0 Å². The van der Waals surface area contributed by atoms with Gasteiger partial charge in [0.25, 0.3) is 0 Å². The zero-order valence-electron chi connectivity index (χ0n) is 17.1. The number of nitrogens with zero attached hydrogens (tertiary/aromatic N) is 4. The fraction of sp³-hybridized carbons (Fsp3) is 0.571. The molecule has 0 radical (unpaired) electrons. The maximum Gasteiger partial charge on any atom is 0.223 e. The molecule has 1 saturated heterocycles. The Morgan fingerprint density at radius 3 is 2.76 bits per heavy atom. The van der Waals surface area contributed by atoms with Crippen LogP contribution in [0.1, 0.15) is 55.2 Å². The molecule has 29 heavy (non-hydrogen) atoms. The van der Waals surface area contributed by atoms with Crippen molar-refractivity contribution in [1.29, 1.82) is 0 Å². The summed E-state index contributed by atoms with van der Waals surface area (Å²) < 4.78 is 7.72. The molecule has 1 aromatic heterocycles. The van der Waals surface area contributed by atoms with Gasteiger partial charge in [0.2, 0.25) is 5.91 Å². The van der Waals surface area contributed by atoms with E-state index >= 15 is 0 Å². The number of rotatable bonds is 5. The Morgan fingerprint density at radius 1 is 1.24 bits per heavy atom. The Hall–Kier alpha value is -2.12. The summed E-state index contributed by atoms with van der Waals surface area (Å²) in [7, 11) is 1.68. The van der Waals surface area contributed by atoms with Crippen molar-refractivity contribution < 1.29 is 9.53 Å². The van der Waals surface area contributed by atoms with Crippen molar-refractivity contribution in [3.8, 4) is 5.75 Å². The number of aromatic nitrogens is 3. The van der Waals surface area contributed by atoms with E-state index in [2.05, 4.69) is 27.0 Å². The van der Waals surface area contributed by atoms with Crippen LogP contribution in [0.3, 0.4) is 0 Å². The van der Waals surface area contributed by atoms with E-state index in [1.165, 1.54) is 0 Å². The fourth-order valence-corrected chi connectivity index (χ4v) is 4.38. The number of carbonyl (C=O) groups is 1. The maximum absolute atomic E-state index is 12.9. The summed E-state index contributed by atoms with van der Waals surface area (Å²) in [6.45, 7) is 6.39. The predicted octanol–water partition coefficient (Wildman–Crippen LogP) is 2.71. The number of likely N-dealkylation sites (tertiary alicyclic amines) is 1. The molecule has 158 valence electrons. The van der Waals surface area contributed by atoms with E-state index in [4.69, 9.17) is 4.74 Å². The van der Waals surface area contributed by atoms with Crippen molar-refractivity contribution in [3.05, 3.63) is 41.5 Å². The number of hydrogen-bond donors (Lipinski definition) is 1. The van der Waals surface area contributed by atoms with Gasteiger partial charge < -0.3 is 19.5 Å². The van der Waals surface area contributed by atoms with Gasteiger partial charge in [-0.3, -0.25) is 4.79 Å². The number of nitrogens with one attached hydrogen (secondary N) is 1. The lowest BCUT2D eigenvalue weighted by atomic mass is 9.93. The van der Waals surface area contributed by atoms with Gasteiger partial charge in [0.05, 0.1) is 13.7 Å².